The van der Waals surface area contributed by atoms with Crippen LogP contribution in [0.4, 0.5) is 5.69 Å². The molecule has 0 spiro atoms. The Labute approximate surface area is 107 Å². The summed E-state index contributed by atoms with van der Waals surface area (Å²) in [5.41, 5.74) is 7.36. The van der Waals surface area contributed by atoms with Gasteiger partial charge in [0.2, 0.25) is 0 Å². The molecule has 0 bridgehead atoms. The first-order valence-corrected chi connectivity index (χ1v) is 7.90. The number of thiazole rings is 1. The number of nitrogens with two attached hydrogens (primary N) is 1. The molecule has 1 saturated carbocycles. The zero-order valence-corrected chi connectivity index (χ0v) is 11.0. The summed E-state index contributed by atoms with van der Waals surface area (Å²) in [5.74, 6) is 1.42. The lowest BCUT2D eigenvalue weighted by atomic mass is 9.87. The Morgan fingerprint density at radius 1 is 1.47 bits per heavy atom. The van der Waals surface area contributed by atoms with Crippen molar-refractivity contribution in [1.82, 2.24) is 4.98 Å². The molecule has 90 valence electrons. The molecule has 1 aromatic heterocycles. The van der Waals surface area contributed by atoms with E-state index in [1.807, 2.05) is 18.2 Å². The van der Waals surface area contributed by atoms with Gasteiger partial charge in [-0.25, -0.2) is 4.98 Å². The lowest BCUT2D eigenvalue weighted by Crippen LogP contribution is -2.18. The first-order valence-electron chi connectivity index (χ1n) is 5.77. The fourth-order valence-electron chi connectivity index (χ4n) is 1.96. The van der Waals surface area contributed by atoms with E-state index in [1.54, 1.807) is 0 Å². The van der Waals surface area contributed by atoms with E-state index in [0.717, 1.165) is 26.0 Å². The predicted octanol–water partition coefficient (Wildman–Crippen LogP) is 2.79. The van der Waals surface area contributed by atoms with E-state index in [-0.39, 0.29) is 0 Å². The van der Waals surface area contributed by atoms with Gasteiger partial charge in [-0.2, -0.15) is 0 Å². The van der Waals surface area contributed by atoms with Gasteiger partial charge in [0.25, 0.3) is 0 Å². The molecule has 5 heteroatoms. The zero-order valence-electron chi connectivity index (χ0n) is 9.39. The maximum atomic E-state index is 12.1. The summed E-state index contributed by atoms with van der Waals surface area (Å²) in [7, 11) is -0.935. The number of aromatic nitrogens is 1. The lowest BCUT2D eigenvalue weighted by molar-refractivity contribution is 0.350. The van der Waals surface area contributed by atoms with Crippen LogP contribution < -0.4 is 5.73 Å². The molecule has 2 N–H and O–H groups in total. The SMILES string of the molecule is Nc1ccc2nc(S(=O)CC3CCC3)sc2c1. The number of hydrogen-bond acceptors (Lipinski definition) is 4. The van der Waals surface area contributed by atoms with Crippen molar-refractivity contribution < 1.29 is 4.21 Å². The molecule has 0 aliphatic heterocycles. The number of rotatable bonds is 3. The number of nitrogen functional groups attached to an aromatic ring is 1. The molecule has 1 aromatic carbocycles. The maximum Gasteiger partial charge on any atom is 0.181 e. The van der Waals surface area contributed by atoms with Crippen molar-refractivity contribution in [2.24, 2.45) is 5.92 Å². The Hall–Kier alpha value is -0.940. The van der Waals surface area contributed by atoms with E-state index in [0.29, 0.717) is 5.92 Å². The average Bonchev–Trinajstić information content (AvgIpc) is 2.65. The smallest absolute Gasteiger partial charge is 0.181 e. The number of hydrogen-bond donors (Lipinski definition) is 1. The van der Waals surface area contributed by atoms with Crippen molar-refractivity contribution in [1.29, 1.82) is 0 Å². The molecule has 0 saturated heterocycles. The van der Waals surface area contributed by atoms with Gasteiger partial charge in [-0.3, -0.25) is 4.21 Å². The summed E-state index contributed by atoms with van der Waals surface area (Å²) in [6, 6.07) is 5.63. The molecule has 3 rings (SSSR count). The number of nitrogens with zero attached hydrogens (tertiary/aromatic N) is 1. The molecular weight excluding hydrogens is 252 g/mol. The van der Waals surface area contributed by atoms with Crippen molar-refractivity contribution in [3.63, 3.8) is 0 Å². The Morgan fingerprint density at radius 3 is 3.00 bits per heavy atom. The molecule has 1 atom stereocenters. The number of fused-ring (bicyclic) bond motifs is 1. The summed E-state index contributed by atoms with van der Waals surface area (Å²) in [6.07, 6.45) is 3.74. The second-order valence-electron chi connectivity index (χ2n) is 4.52. The highest BCUT2D eigenvalue weighted by Crippen LogP contribution is 2.31. The van der Waals surface area contributed by atoms with E-state index in [9.17, 15) is 4.21 Å². The van der Waals surface area contributed by atoms with Crippen LogP contribution in [0.2, 0.25) is 0 Å². The van der Waals surface area contributed by atoms with Crippen LogP contribution in [0.1, 0.15) is 19.3 Å². The summed E-state index contributed by atoms with van der Waals surface area (Å²) < 4.78 is 13.9. The molecule has 0 amide bonds. The standard InChI is InChI=1S/C12H14N2OS2/c13-9-4-5-10-11(6-9)16-12(14-10)17(15)7-8-2-1-3-8/h4-6,8H,1-3,7,13H2. The maximum absolute atomic E-state index is 12.1. The summed E-state index contributed by atoms with van der Waals surface area (Å²) in [5, 5.41) is 0. The number of benzene rings is 1. The largest absolute Gasteiger partial charge is 0.399 e. The Balaban J connectivity index is 1.86. The fourth-order valence-corrected chi connectivity index (χ4v) is 4.66. The molecule has 17 heavy (non-hydrogen) atoms. The lowest BCUT2D eigenvalue weighted by Gasteiger charge is -2.23. The Kier molecular flexibility index (Phi) is 2.88. The van der Waals surface area contributed by atoms with Gasteiger partial charge in [0.15, 0.2) is 4.34 Å². The van der Waals surface area contributed by atoms with E-state index < -0.39 is 10.8 Å². The second kappa shape index (κ2) is 4.38. The second-order valence-corrected chi connectivity index (χ2v) is 7.22. The molecule has 1 aliphatic carbocycles. The number of anilines is 1. The van der Waals surface area contributed by atoms with Crippen molar-refractivity contribution in [2.75, 3.05) is 11.5 Å². The summed E-state index contributed by atoms with van der Waals surface area (Å²) >= 11 is 1.50. The van der Waals surface area contributed by atoms with Gasteiger partial charge >= 0.3 is 0 Å². The molecule has 1 heterocycles. The van der Waals surface area contributed by atoms with Gasteiger partial charge in [0.05, 0.1) is 21.0 Å². The van der Waals surface area contributed by atoms with Crippen molar-refractivity contribution in [3.05, 3.63) is 18.2 Å². The predicted molar refractivity (Wildman–Crippen MR) is 72.6 cm³/mol. The van der Waals surface area contributed by atoms with Gasteiger partial charge in [0.1, 0.15) is 0 Å². The molecule has 0 radical (unpaired) electrons. The molecule has 1 unspecified atom stereocenters. The van der Waals surface area contributed by atoms with E-state index >= 15 is 0 Å². The molecule has 3 nitrogen and oxygen atoms in total. The highest BCUT2D eigenvalue weighted by atomic mass is 32.2. The fraction of sp³-hybridized carbons (Fsp3) is 0.417. The topological polar surface area (TPSA) is 56.0 Å². The van der Waals surface area contributed by atoms with Crippen LogP contribution in [0, 0.1) is 5.92 Å². The van der Waals surface area contributed by atoms with Crippen molar-refractivity contribution in [2.45, 2.75) is 23.6 Å². The summed E-state index contributed by atoms with van der Waals surface area (Å²) in [6.45, 7) is 0. The third-order valence-corrected chi connectivity index (χ3v) is 6.07. The van der Waals surface area contributed by atoms with E-state index in [1.165, 1.54) is 30.6 Å². The average molecular weight is 266 g/mol. The van der Waals surface area contributed by atoms with E-state index in [4.69, 9.17) is 5.73 Å². The molecular formula is C12H14N2OS2. The quantitative estimate of drug-likeness (QED) is 0.869. The monoisotopic (exact) mass is 266 g/mol. The Morgan fingerprint density at radius 2 is 2.29 bits per heavy atom. The first-order chi connectivity index (χ1) is 8.22. The minimum Gasteiger partial charge on any atom is -0.399 e. The van der Waals surface area contributed by atoms with Crippen LogP contribution in [0.3, 0.4) is 0 Å². The third-order valence-electron chi connectivity index (χ3n) is 3.20. The molecule has 1 fully saturated rings. The van der Waals surface area contributed by atoms with E-state index in [2.05, 4.69) is 4.98 Å². The van der Waals surface area contributed by atoms with Crippen molar-refractivity contribution in [3.8, 4) is 0 Å². The minimum atomic E-state index is -0.935. The van der Waals surface area contributed by atoms with Gasteiger partial charge in [-0.15, -0.1) is 11.3 Å². The van der Waals surface area contributed by atoms with Crippen LogP contribution in [0.25, 0.3) is 10.2 Å². The van der Waals surface area contributed by atoms with Crippen LogP contribution in [-0.4, -0.2) is 14.9 Å². The van der Waals surface area contributed by atoms with Crippen LogP contribution in [0.5, 0.6) is 0 Å². The van der Waals surface area contributed by atoms with Crippen LogP contribution in [-0.2, 0) is 10.8 Å². The molecule has 2 aromatic rings. The normalized spacial score (nSPS) is 18.1. The minimum absolute atomic E-state index is 0.646. The Bertz CT molecular complexity index is 575. The van der Waals surface area contributed by atoms with Crippen LogP contribution in [0.15, 0.2) is 22.5 Å². The highest BCUT2D eigenvalue weighted by Gasteiger charge is 2.22. The highest BCUT2D eigenvalue weighted by molar-refractivity contribution is 7.87. The van der Waals surface area contributed by atoms with Crippen LogP contribution >= 0.6 is 11.3 Å². The van der Waals surface area contributed by atoms with Gasteiger partial charge < -0.3 is 5.73 Å². The molecule has 1 aliphatic rings. The van der Waals surface area contributed by atoms with Crippen molar-refractivity contribution >= 4 is 38.0 Å². The zero-order chi connectivity index (χ0) is 11.8. The summed E-state index contributed by atoms with van der Waals surface area (Å²) in [4.78, 5) is 4.43. The first kappa shape index (κ1) is 11.2. The van der Waals surface area contributed by atoms with Gasteiger partial charge in [-0.05, 0) is 37.0 Å². The van der Waals surface area contributed by atoms with Gasteiger partial charge in [-0.1, -0.05) is 6.42 Å². The van der Waals surface area contributed by atoms with Gasteiger partial charge in [0, 0.05) is 11.4 Å². The third kappa shape index (κ3) is 2.21.